The van der Waals surface area contributed by atoms with Crippen molar-refractivity contribution in [1.82, 2.24) is 5.06 Å². The van der Waals surface area contributed by atoms with Gasteiger partial charge in [0.05, 0.1) is 13.7 Å². The lowest BCUT2D eigenvalue weighted by Crippen LogP contribution is -2.52. The summed E-state index contributed by atoms with van der Waals surface area (Å²) in [4.78, 5) is 16.8. The smallest absolute Gasteiger partial charge is 0.356 e. The van der Waals surface area contributed by atoms with E-state index in [9.17, 15) is 4.79 Å². The van der Waals surface area contributed by atoms with Gasteiger partial charge in [-0.25, -0.2) is 4.79 Å². The first kappa shape index (κ1) is 11.4. The topological polar surface area (TPSA) is 48.0 Å². The summed E-state index contributed by atoms with van der Waals surface area (Å²) < 4.78 is 10.2. The van der Waals surface area contributed by atoms with Gasteiger partial charge in [-0.1, -0.05) is 0 Å². The van der Waals surface area contributed by atoms with Gasteiger partial charge in [0.2, 0.25) is 5.72 Å². The summed E-state index contributed by atoms with van der Waals surface area (Å²) in [6.07, 6.45) is 1.47. The molecule has 14 heavy (non-hydrogen) atoms. The zero-order chi connectivity index (χ0) is 10.6. The first-order chi connectivity index (χ1) is 6.71. The largest absolute Gasteiger partial charge is 0.463 e. The Kier molecular flexibility index (Phi) is 3.86. The highest BCUT2D eigenvalue weighted by Crippen LogP contribution is 2.31. The zero-order valence-electron chi connectivity index (χ0n) is 8.91. The van der Waals surface area contributed by atoms with Crippen LogP contribution in [0.25, 0.3) is 0 Å². The third-order valence-electron chi connectivity index (χ3n) is 2.43. The monoisotopic (exact) mass is 203 g/mol. The summed E-state index contributed by atoms with van der Waals surface area (Å²) in [6, 6.07) is 0. The second-order valence-corrected chi connectivity index (χ2v) is 3.10. The number of carbonyl (C=O) groups excluding carboxylic acids is 1. The third-order valence-corrected chi connectivity index (χ3v) is 2.43. The van der Waals surface area contributed by atoms with Gasteiger partial charge >= 0.3 is 5.97 Å². The molecule has 5 heteroatoms. The van der Waals surface area contributed by atoms with E-state index < -0.39 is 5.72 Å². The number of rotatable bonds is 4. The summed E-state index contributed by atoms with van der Waals surface area (Å²) >= 11 is 0. The molecule has 1 rings (SSSR count). The van der Waals surface area contributed by atoms with Crippen LogP contribution < -0.4 is 0 Å². The number of esters is 1. The molecular weight excluding hydrogens is 186 g/mol. The van der Waals surface area contributed by atoms with Crippen LogP contribution in [0.3, 0.4) is 0 Å². The molecule has 0 amide bonds. The van der Waals surface area contributed by atoms with Crippen molar-refractivity contribution in [2.75, 3.05) is 27.4 Å². The van der Waals surface area contributed by atoms with Crippen molar-refractivity contribution in [2.45, 2.75) is 25.5 Å². The highest BCUT2D eigenvalue weighted by Gasteiger charge is 2.50. The number of hydrogen-bond acceptors (Lipinski definition) is 5. The lowest BCUT2D eigenvalue weighted by molar-refractivity contribution is -0.269. The summed E-state index contributed by atoms with van der Waals surface area (Å²) in [6.45, 7) is 2.80. The van der Waals surface area contributed by atoms with E-state index in [2.05, 4.69) is 0 Å². The number of carbonyl (C=O) groups is 1. The maximum atomic E-state index is 11.7. The van der Waals surface area contributed by atoms with Gasteiger partial charge in [0.1, 0.15) is 0 Å². The Labute approximate surface area is 83.9 Å². The van der Waals surface area contributed by atoms with Crippen LogP contribution in [0.4, 0.5) is 0 Å². The zero-order valence-corrected chi connectivity index (χ0v) is 8.91. The molecule has 0 aromatic carbocycles. The molecule has 0 aromatic rings. The van der Waals surface area contributed by atoms with Crippen LogP contribution in [0, 0.1) is 0 Å². The van der Waals surface area contributed by atoms with Gasteiger partial charge in [0.15, 0.2) is 0 Å². The molecule has 0 aliphatic carbocycles. The molecule has 0 unspecified atom stereocenters. The number of methoxy groups -OCH3 is 1. The molecule has 0 spiro atoms. The Bertz CT molecular complexity index is 209. The summed E-state index contributed by atoms with van der Waals surface area (Å²) in [5.41, 5.74) is -1.04. The number of hydrogen-bond donors (Lipinski definition) is 0. The molecule has 1 heterocycles. The quantitative estimate of drug-likeness (QED) is 0.624. The molecule has 0 saturated carbocycles. The highest BCUT2D eigenvalue weighted by atomic mass is 16.7. The van der Waals surface area contributed by atoms with Crippen LogP contribution in [0.5, 0.6) is 0 Å². The van der Waals surface area contributed by atoms with Crippen LogP contribution in [0.1, 0.15) is 19.8 Å². The fourth-order valence-corrected chi connectivity index (χ4v) is 1.74. The fourth-order valence-electron chi connectivity index (χ4n) is 1.74. The van der Waals surface area contributed by atoms with E-state index in [0.717, 1.165) is 6.42 Å². The van der Waals surface area contributed by atoms with Crippen LogP contribution in [-0.4, -0.2) is 44.1 Å². The Hall–Kier alpha value is -0.650. The van der Waals surface area contributed by atoms with Gasteiger partial charge in [0.25, 0.3) is 0 Å². The van der Waals surface area contributed by atoms with E-state index in [1.54, 1.807) is 6.92 Å². The minimum Gasteiger partial charge on any atom is -0.463 e. The molecule has 82 valence electrons. The van der Waals surface area contributed by atoms with Crippen LogP contribution in [0.2, 0.25) is 0 Å². The molecule has 1 saturated heterocycles. The number of hydroxylamine groups is 2. The predicted molar refractivity (Wildman–Crippen MR) is 49.3 cm³/mol. The summed E-state index contributed by atoms with van der Waals surface area (Å²) in [7, 11) is 3.02. The van der Waals surface area contributed by atoms with Gasteiger partial charge in [-0.05, 0) is 13.3 Å². The maximum absolute atomic E-state index is 11.7. The first-order valence-electron chi connectivity index (χ1n) is 4.75. The molecular formula is C9H17NO4. The van der Waals surface area contributed by atoms with E-state index in [1.165, 1.54) is 19.3 Å². The number of ether oxygens (including phenoxy) is 2. The molecule has 5 nitrogen and oxygen atoms in total. The van der Waals surface area contributed by atoms with Crippen molar-refractivity contribution in [3.05, 3.63) is 0 Å². The van der Waals surface area contributed by atoms with Crippen molar-refractivity contribution in [3.63, 3.8) is 0 Å². The summed E-state index contributed by atoms with van der Waals surface area (Å²) in [5.74, 6) is -0.373. The van der Waals surface area contributed by atoms with Gasteiger partial charge < -0.3 is 9.47 Å². The van der Waals surface area contributed by atoms with Crippen molar-refractivity contribution in [3.8, 4) is 0 Å². The Balaban J connectivity index is 2.78. The average Bonchev–Trinajstić information content (AvgIpc) is 2.61. The lowest BCUT2D eigenvalue weighted by Gasteiger charge is -2.32. The van der Waals surface area contributed by atoms with Gasteiger partial charge in [-0.3, -0.25) is 4.84 Å². The van der Waals surface area contributed by atoms with Gasteiger partial charge in [-0.15, -0.1) is 5.06 Å². The highest BCUT2D eigenvalue weighted by molar-refractivity contribution is 5.79. The van der Waals surface area contributed by atoms with Crippen molar-refractivity contribution < 1.29 is 19.1 Å². The maximum Gasteiger partial charge on any atom is 0.356 e. The minimum atomic E-state index is -1.04. The van der Waals surface area contributed by atoms with E-state index in [0.29, 0.717) is 19.6 Å². The Morgan fingerprint density at radius 3 is 2.71 bits per heavy atom. The third kappa shape index (κ3) is 1.75. The predicted octanol–water partition coefficient (Wildman–Crippen LogP) is 0.549. The van der Waals surface area contributed by atoms with E-state index in [-0.39, 0.29) is 5.97 Å². The molecule has 1 aliphatic heterocycles. The van der Waals surface area contributed by atoms with Gasteiger partial charge in [0, 0.05) is 20.1 Å². The van der Waals surface area contributed by atoms with Crippen molar-refractivity contribution in [1.29, 1.82) is 0 Å². The Morgan fingerprint density at radius 1 is 1.50 bits per heavy atom. The molecule has 0 bridgehead atoms. The second kappa shape index (κ2) is 4.72. The molecule has 1 aliphatic rings. The standard InChI is InChI=1S/C9H17NO4/c1-4-14-8(11)9(12-2)6-5-7-10(9)13-3/h4-7H2,1-3H3/t9-/m1/s1. The molecule has 1 atom stereocenters. The lowest BCUT2D eigenvalue weighted by atomic mass is 10.1. The van der Waals surface area contributed by atoms with Gasteiger partial charge in [-0.2, -0.15) is 0 Å². The molecule has 0 aromatic heterocycles. The van der Waals surface area contributed by atoms with E-state index >= 15 is 0 Å². The van der Waals surface area contributed by atoms with Crippen LogP contribution in [-0.2, 0) is 19.1 Å². The Morgan fingerprint density at radius 2 is 2.21 bits per heavy atom. The SMILES string of the molecule is CCOC(=O)[C@]1(OC)CCCN1OC. The molecule has 0 radical (unpaired) electrons. The van der Waals surface area contributed by atoms with Crippen LogP contribution >= 0.6 is 0 Å². The normalized spacial score (nSPS) is 27.9. The number of nitrogens with zero attached hydrogens (tertiary/aromatic N) is 1. The van der Waals surface area contributed by atoms with Crippen molar-refractivity contribution in [2.24, 2.45) is 0 Å². The first-order valence-corrected chi connectivity index (χ1v) is 4.75. The van der Waals surface area contributed by atoms with E-state index in [1.807, 2.05) is 0 Å². The fraction of sp³-hybridized carbons (Fsp3) is 0.889. The minimum absolute atomic E-state index is 0.349. The van der Waals surface area contributed by atoms with E-state index in [4.69, 9.17) is 14.3 Å². The molecule has 1 fully saturated rings. The van der Waals surface area contributed by atoms with Crippen LogP contribution in [0.15, 0.2) is 0 Å². The molecule has 0 N–H and O–H groups in total. The van der Waals surface area contributed by atoms with Crippen molar-refractivity contribution >= 4 is 5.97 Å². The average molecular weight is 203 g/mol. The second-order valence-electron chi connectivity index (χ2n) is 3.10. The summed E-state index contributed by atoms with van der Waals surface area (Å²) in [5, 5.41) is 1.53.